The molecule has 1 nitrogen and oxygen atoms in total. The molecule has 0 aliphatic carbocycles. The molecule has 1 aromatic heterocycles. The van der Waals surface area contributed by atoms with E-state index in [-0.39, 0.29) is 12.4 Å². The van der Waals surface area contributed by atoms with Crippen LogP contribution in [0.5, 0.6) is 0 Å². The van der Waals surface area contributed by atoms with E-state index in [1.807, 2.05) is 11.3 Å². The van der Waals surface area contributed by atoms with E-state index in [0.717, 1.165) is 12.8 Å². The smallest absolute Gasteiger partial charge is 0.00897 e. The predicted octanol–water partition coefficient (Wildman–Crippen LogP) is 2.76. The quantitative estimate of drug-likeness (QED) is 0.807. The SMILES string of the molecule is CCC(N)Cc1sccc1C.Cl. The van der Waals surface area contributed by atoms with Crippen molar-refractivity contribution in [3.05, 3.63) is 21.9 Å². The lowest BCUT2D eigenvalue weighted by Crippen LogP contribution is -2.21. The molecule has 0 bridgehead atoms. The maximum Gasteiger partial charge on any atom is 0.00897 e. The van der Waals surface area contributed by atoms with Crippen molar-refractivity contribution in [2.24, 2.45) is 5.73 Å². The second-order valence-corrected chi connectivity index (χ2v) is 3.90. The largest absolute Gasteiger partial charge is 0.327 e. The molecule has 0 amide bonds. The summed E-state index contributed by atoms with van der Waals surface area (Å²) in [5.41, 5.74) is 7.23. The van der Waals surface area contributed by atoms with Crippen molar-refractivity contribution >= 4 is 23.7 Å². The van der Waals surface area contributed by atoms with E-state index in [4.69, 9.17) is 5.73 Å². The molecule has 3 heteroatoms. The summed E-state index contributed by atoms with van der Waals surface area (Å²) in [4.78, 5) is 1.44. The molecule has 1 unspecified atom stereocenters. The summed E-state index contributed by atoms with van der Waals surface area (Å²) in [6, 6.07) is 2.50. The molecular weight excluding hydrogens is 190 g/mol. The molecule has 0 fully saturated rings. The highest BCUT2D eigenvalue weighted by atomic mass is 35.5. The standard InChI is InChI=1S/C9H15NS.ClH/c1-3-8(10)6-9-7(2)4-5-11-9;/h4-5,8H,3,6,10H2,1-2H3;1H. The van der Waals surface area contributed by atoms with E-state index < -0.39 is 0 Å². The number of hydrogen-bond acceptors (Lipinski definition) is 2. The van der Waals surface area contributed by atoms with Crippen LogP contribution >= 0.6 is 23.7 Å². The second-order valence-electron chi connectivity index (χ2n) is 2.90. The van der Waals surface area contributed by atoms with Gasteiger partial charge in [0.15, 0.2) is 0 Å². The summed E-state index contributed by atoms with van der Waals surface area (Å²) in [5, 5.41) is 2.13. The molecule has 0 aliphatic rings. The molecule has 1 aromatic rings. The van der Waals surface area contributed by atoms with Gasteiger partial charge in [0.2, 0.25) is 0 Å². The first-order valence-electron chi connectivity index (χ1n) is 4.02. The van der Waals surface area contributed by atoms with E-state index in [1.165, 1.54) is 10.4 Å². The third kappa shape index (κ3) is 3.13. The molecule has 0 radical (unpaired) electrons. The lowest BCUT2D eigenvalue weighted by Gasteiger charge is -2.06. The summed E-state index contributed by atoms with van der Waals surface area (Å²) in [7, 11) is 0. The van der Waals surface area contributed by atoms with E-state index in [2.05, 4.69) is 25.3 Å². The third-order valence-electron chi connectivity index (χ3n) is 1.94. The van der Waals surface area contributed by atoms with Gasteiger partial charge in [0, 0.05) is 10.9 Å². The van der Waals surface area contributed by atoms with Crippen LogP contribution in [0.1, 0.15) is 23.8 Å². The molecular formula is C9H16ClNS. The monoisotopic (exact) mass is 205 g/mol. The lowest BCUT2D eigenvalue weighted by atomic mass is 10.1. The van der Waals surface area contributed by atoms with E-state index >= 15 is 0 Å². The van der Waals surface area contributed by atoms with Gasteiger partial charge in [-0.2, -0.15) is 0 Å². The van der Waals surface area contributed by atoms with Gasteiger partial charge < -0.3 is 5.73 Å². The van der Waals surface area contributed by atoms with Crippen molar-refractivity contribution < 1.29 is 0 Å². The fourth-order valence-corrected chi connectivity index (χ4v) is 2.00. The molecule has 0 saturated carbocycles. The molecule has 0 aromatic carbocycles. The Labute approximate surface area is 84.4 Å². The van der Waals surface area contributed by atoms with Gasteiger partial charge in [0.05, 0.1) is 0 Å². The summed E-state index contributed by atoms with van der Waals surface area (Å²) >= 11 is 1.81. The van der Waals surface area contributed by atoms with Crippen LogP contribution in [-0.2, 0) is 6.42 Å². The fraction of sp³-hybridized carbons (Fsp3) is 0.556. The third-order valence-corrected chi connectivity index (χ3v) is 2.99. The molecule has 0 aliphatic heterocycles. The molecule has 12 heavy (non-hydrogen) atoms. The minimum atomic E-state index is 0. The first kappa shape index (κ1) is 11.9. The van der Waals surface area contributed by atoms with Crippen LogP contribution in [-0.4, -0.2) is 6.04 Å². The topological polar surface area (TPSA) is 26.0 Å². The van der Waals surface area contributed by atoms with Crippen molar-refractivity contribution in [3.8, 4) is 0 Å². The van der Waals surface area contributed by atoms with E-state index in [1.54, 1.807) is 0 Å². The van der Waals surface area contributed by atoms with Crippen LogP contribution in [0.15, 0.2) is 11.4 Å². The molecule has 1 heterocycles. The van der Waals surface area contributed by atoms with Crippen LogP contribution in [0.3, 0.4) is 0 Å². The summed E-state index contributed by atoms with van der Waals surface area (Å²) in [6.45, 7) is 4.28. The van der Waals surface area contributed by atoms with Gasteiger partial charge in [-0.1, -0.05) is 6.92 Å². The van der Waals surface area contributed by atoms with Crippen molar-refractivity contribution in [2.75, 3.05) is 0 Å². The predicted molar refractivity (Wildman–Crippen MR) is 58.3 cm³/mol. The summed E-state index contributed by atoms with van der Waals surface area (Å²) in [6.07, 6.45) is 2.11. The fourth-order valence-electron chi connectivity index (χ4n) is 0.996. The minimum Gasteiger partial charge on any atom is -0.327 e. The Balaban J connectivity index is 0.00000121. The zero-order chi connectivity index (χ0) is 8.27. The molecule has 1 atom stereocenters. The van der Waals surface area contributed by atoms with Crippen LogP contribution in [0.25, 0.3) is 0 Å². The molecule has 0 saturated heterocycles. The number of thiophene rings is 1. The Morgan fingerprint density at radius 3 is 2.67 bits per heavy atom. The molecule has 1 rings (SSSR count). The van der Waals surface area contributed by atoms with Crippen molar-refractivity contribution in [1.29, 1.82) is 0 Å². The maximum absolute atomic E-state index is 5.84. The average Bonchev–Trinajstić information content (AvgIpc) is 2.37. The number of aryl methyl sites for hydroxylation is 1. The Morgan fingerprint density at radius 2 is 2.25 bits per heavy atom. The lowest BCUT2D eigenvalue weighted by molar-refractivity contribution is 0.650. The van der Waals surface area contributed by atoms with Crippen molar-refractivity contribution in [1.82, 2.24) is 0 Å². The highest BCUT2D eigenvalue weighted by Crippen LogP contribution is 2.17. The van der Waals surface area contributed by atoms with Gasteiger partial charge in [-0.15, -0.1) is 23.7 Å². The highest BCUT2D eigenvalue weighted by molar-refractivity contribution is 7.10. The van der Waals surface area contributed by atoms with Gasteiger partial charge >= 0.3 is 0 Å². The Bertz CT molecular complexity index is 222. The van der Waals surface area contributed by atoms with Gasteiger partial charge in [-0.25, -0.2) is 0 Å². The zero-order valence-corrected chi connectivity index (χ0v) is 9.17. The zero-order valence-electron chi connectivity index (χ0n) is 7.54. The number of nitrogens with two attached hydrogens (primary N) is 1. The van der Waals surface area contributed by atoms with Crippen molar-refractivity contribution in [2.45, 2.75) is 32.7 Å². The van der Waals surface area contributed by atoms with E-state index in [0.29, 0.717) is 6.04 Å². The molecule has 70 valence electrons. The highest BCUT2D eigenvalue weighted by Gasteiger charge is 2.04. The van der Waals surface area contributed by atoms with Crippen LogP contribution < -0.4 is 5.73 Å². The van der Waals surface area contributed by atoms with Crippen LogP contribution in [0.2, 0.25) is 0 Å². The number of rotatable bonds is 3. The average molecular weight is 206 g/mol. The number of halogens is 1. The summed E-state index contributed by atoms with van der Waals surface area (Å²) in [5.74, 6) is 0. The normalized spacial score (nSPS) is 12.2. The van der Waals surface area contributed by atoms with Gasteiger partial charge in [0.1, 0.15) is 0 Å². The van der Waals surface area contributed by atoms with Crippen molar-refractivity contribution in [3.63, 3.8) is 0 Å². The van der Waals surface area contributed by atoms with Gasteiger partial charge in [-0.3, -0.25) is 0 Å². The second kappa shape index (κ2) is 5.57. The maximum atomic E-state index is 5.84. The Morgan fingerprint density at radius 1 is 1.58 bits per heavy atom. The van der Waals surface area contributed by atoms with E-state index in [9.17, 15) is 0 Å². The first-order chi connectivity index (χ1) is 5.24. The number of hydrogen-bond donors (Lipinski definition) is 1. The van der Waals surface area contributed by atoms with Gasteiger partial charge in [0.25, 0.3) is 0 Å². The summed E-state index contributed by atoms with van der Waals surface area (Å²) < 4.78 is 0. The van der Waals surface area contributed by atoms with Crippen LogP contribution in [0.4, 0.5) is 0 Å². The van der Waals surface area contributed by atoms with Gasteiger partial charge in [-0.05, 0) is 36.8 Å². The first-order valence-corrected chi connectivity index (χ1v) is 4.90. The Kier molecular flexibility index (Phi) is 5.55. The van der Waals surface area contributed by atoms with Crippen LogP contribution in [0, 0.1) is 6.92 Å². The molecule has 0 spiro atoms. The Hall–Kier alpha value is -0.0500. The minimum absolute atomic E-state index is 0. The molecule has 2 N–H and O–H groups in total.